The summed E-state index contributed by atoms with van der Waals surface area (Å²) in [5.41, 5.74) is -1.05. The van der Waals surface area contributed by atoms with E-state index in [9.17, 15) is 19.2 Å². The summed E-state index contributed by atoms with van der Waals surface area (Å²) in [6.07, 6.45) is 5.42. The Hall–Kier alpha value is -2.56. The van der Waals surface area contributed by atoms with Crippen molar-refractivity contribution in [2.24, 2.45) is 11.8 Å². The highest BCUT2D eigenvalue weighted by Gasteiger charge is 2.32. The molecule has 2 saturated heterocycles. The lowest BCUT2D eigenvalue weighted by Gasteiger charge is -2.33. The van der Waals surface area contributed by atoms with Crippen molar-refractivity contribution < 1.29 is 38.5 Å². The van der Waals surface area contributed by atoms with Gasteiger partial charge in [0.25, 0.3) is 0 Å². The van der Waals surface area contributed by atoms with Gasteiger partial charge in [0.2, 0.25) is 0 Å². The molecule has 224 valence electrons. The minimum Gasteiger partial charge on any atom is -0.481 e. The average molecular weight is 620 g/mol. The van der Waals surface area contributed by atoms with Gasteiger partial charge in [0.15, 0.2) is 0 Å². The van der Waals surface area contributed by atoms with Crippen LogP contribution in [-0.2, 0) is 23.8 Å². The fraction of sp³-hybridized carbons (Fsp3) is 0.714. The number of aliphatic carboxylic acids is 1. The molecule has 0 spiro atoms. The number of carboxylic acids is 1. The van der Waals surface area contributed by atoms with Crippen LogP contribution in [0.25, 0.3) is 0 Å². The molecule has 2 unspecified atom stereocenters. The smallest absolute Gasteiger partial charge is 0.410 e. The van der Waals surface area contributed by atoms with Crippen molar-refractivity contribution in [2.45, 2.75) is 78.4 Å². The normalized spacial score (nSPS) is 19.2. The van der Waals surface area contributed by atoms with Crippen LogP contribution in [-0.4, -0.2) is 88.3 Å². The monoisotopic (exact) mass is 618 g/mol. The average Bonchev–Trinajstić information content (AvgIpc) is 2.86. The SMILES string of the molecule is C=CCBr.C=CCOC(=O)C1CCCN(C(=O)OC(C)(C)C)C1.CC(C)(C)OC(=O)N1CCCC(C(=O)O)C1. The van der Waals surface area contributed by atoms with Gasteiger partial charge in [0.05, 0.1) is 11.8 Å². The number of carboxylic acid groups (broad SMARTS) is 1. The van der Waals surface area contributed by atoms with E-state index in [0.29, 0.717) is 26.1 Å². The van der Waals surface area contributed by atoms with Crippen molar-refractivity contribution in [3.63, 3.8) is 0 Å². The number of esters is 1. The van der Waals surface area contributed by atoms with E-state index in [2.05, 4.69) is 29.1 Å². The Morgan fingerprint density at radius 1 is 0.846 bits per heavy atom. The summed E-state index contributed by atoms with van der Waals surface area (Å²) < 4.78 is 15.5. The lowest BCUT2D eigenvalue weighted by atomic mass is 9.98. The molecule has 0 aromatic carbocycles. The Morgan fingerprint density at radius 3 is 1.62 bits per heavy atom. The summed E-state index contributed by atoms with van der Waals surface area (Å²) in [7, 11) is 0. The van der Waals surface area contributed by atoms with Gasteiger partial charge < -0.3 is 29.1 Å². The van der Waals surface area contributed by atoms with E-state index in [4.69, 9.17) is 19.3 Å². The standard InChI is InChI=1S/C14H23NO4.C11H19NO4.C3H5Br/c1-5-9-18-12(16)11-7-6-8-15(10-11)13(17)19-14(2,3)4;1-11(2,3)16-10(15)12-6-4-5-8(7-12)9(13)14;1-2-3-4/h5,11H,1,6-10H2,2-4H3;8H,4-7H2,1-3H3,(H,13,14);2H,1,3H2. The highest BCUT2D eigenvalue weighted by atomic mass is 79.9. The summed E-state index contributed by atoms with van der Waals surface area (Å²) in [6, 6.07) is 0. The quantitative estimate of drug-likeness (QED) is 0.181. The van der Waals surface area contributed by atoms with E-state index in [1.807, 2.05) is 20.8 Å². The number of hydrogen-bond donors (Lipinski definition) is 1. The largest absolute Gasteiger partial charge is 0.481 e. The number of halogens is 1. The van der Waals surface area contributed by atoms with Crippen LogP contribution in [0.15, 0.2) is 25.3 Å². The number of carbonyl (C=O) groups is 4. The first kappa shape index (κ1) is 36.4. The number of ether oxygens (including phenoxy) is 3. The van der Waals surface area contributed by atoms with Crippen molar-refractivity contribution in [2.75, 3.05) is 38.1 Å². The van der Waals surface area contributed by atoms with E-state index < -0.39 is 29.2 Å². The third-order valence-corrected chi connectivity index (χ3v) is 5.74. The number of piperidine rings is 2. The molecular weight excluding hydrogens is 572 g/mol. The van der Waals surface area contributed by atoms with Crippen molar-refractivity contribution >= 4 is 40.1 Å². The van der Waals surface area contributed by atoms with Crippen molar-refractivity contribution in [1.29, 1.82) is 0 Å². The zero-order valence-electron chi connectivity index (χ0n) is 24.4. The highest BCUT2D eigenvalue weighted by molar-refractivity contribution is 9.09. The highest BCUT2D eigenvalue weighted by Crippen LogP contribution is 2.21. The van der Waals surface area contributed by atoms with Gasteiger partial charge in [-0.2, -0.15) is 0 Å². The molecule has 2 heterocycles. The first-order valence-corrected chi connectivity index (χ1v) is 14.3. The summed E-state index contributed by atoms with van der Waals surface area (Å²) in [5, 5.41) is 9.79. The molecule has 10 nitrogen and oxygen atoms in total. The van der Waals surface area contributed by atoms with E-state index in [1.54, 1.807) is 31.7 Å². The van der Waals surface area contributed by atoms with Gasteiger partial charge in [-0.05, 0) is 67.2 Å². The third kappa shape index (κ3) is 16.9. The van der Waals surface area contributed by atoms with Gasteiger partial charge in [-0.1, -0.05) is 34.7 Å². The minimum absolute atomic E-state index is 0.210. The molecule has 0 radical (unpaired) electrons. The molecule has 2 rings (SSSR count). The summed E-state index contributed by atoms with van der Waals surface area (Å²) in [4.78, 5) is 49.3. The van der Waals surface area contributed by atoms with Crippen LogP contribution in [0.1, 0.15) is 67.2 Å². The Bertz CT molecular complexity index is 819. The second-order valence-corrected chi connectivity index (χ2v) is 11.9. The fourth-order valence-corrected chi connectivity index (χ4v) is 3.59. The molecule has 0 aliphatic carbocycles. The molecule has 39 heavy (non-hydrogen) atoms. The molecule has 0 aromatic rings. The molecule has 0 bridgehead atoms. The van der Waals surface area contributed by atoms with Gasteiger partial charge in [-0.25, -0.2) is 9.59 Å². The van der Waals surface area contributed by atoms with E-state index in [0.717, 1.165) is 24.6 Å². The Labute approximate surface area is 241 Å². The van der Waals surface area contributed by atoms with Gasteiger partial charge in [-0.15, -0.1) is 6.58 Å². The zero-order valence-corrected chi connectivity index (χ0v) is 26.0. The number of allylic oxidation sites excluding steroid dienone is 1. The fourth-order valence-electron chi connectivity index (χ4n) is 3.59. The molecule has 0 aromatic heterocycles. The van der Waals surface area contributed by atoms with Gasteiger partial charge in [-0.3, -0.25) is 9.59 Å². The molecule has 2 atom stereocenters. The molecule has 2 amide bonds. The number of likely N-dealkylation sites (tertiary alicyclic amines) is 2. The number of carbonyl (C=O) groups excluding carboxylic acids is 3. The third-order valence-electron chi connectivity index (χ3n) is 5.28. The minimum atomic E-state index is -0.840. The van der Waals surface area contributed by atoms with Gasteiger partial charge in [0, 0.05) is 31.5 Å². The maximum atomic E-state index is 11.9. The maximum Gasteiger partial charge on any atom is 0.410 e. The molecule has 0 saturated carbocycles. The molecule has 2 aliphatic rings. The number of nitrogens with zero attached hydrogens (tertiary/aromatic N) is 2. The van der Waals surface area contributed by atoms with Crippen LogP contribution in [0, 0.1) is 11.8 Å². The maximum absolute atomic E-state index is 11.9. The number of hydrogen-bond acceptors (Lipinski definition) is 7. The number of rotatable bonds is 5. The van der Waals surface area contributed by atoms with E-state index >= 15 is 0 Å². The Balaban J connectivity index is 0.000000658. The van der Waals surface area contributed by atoms with Crippen LogP contribution < -0.4 is 0 Å². The molecule has 11 heteroatoms. The van der Waals surface area contributed by atoms with Gasteiger partial charge >= 0.3 is 24.1 Å². The first-order valence-electron chi connectivity index (χ1n) is 13.2. The lowest BCUT2D eigenvalue weighted by molar-refractivity contribution is -0.149. The predicted octanol–water partition coefficient (Wildman–Crippen LogP) is 5.65. The van der Waals surface area contributed by atoms with Crippen LogP contribution in [0.4, 0.5) is 9.59 Å². The summed E-state index contributed by atoms with van der Waals surface area (Å²) in [5.74, 6) is -1.83. The van der Waals surface area contributed by atoms with Crippen molar-refractivity contribution in [1.82, 2.24) is 9.80 Å². The summed E-state index contributed by atoms with van der Waals surface area (Å²) >= 11 is 3.13. The molecule has 1 N–H and O–H groups in total. The van der Waals surface area contributed by atoms with Crippen LogP contribution >= 0.6 is 15.9 Å². The van der Waals surface area contributed by atoms with E-state index in [1.165, 1.54) is 11.0 Å². The lowest BCUT2D eigenvalue weighted by Crippen LogP contribution is -2.45. The van der Waals surface area contributed by atoms with Crippen LogP contribution in [0.3, 0.4) is 0 Å². The number of amides is 2. The van der Waals surface area contributed by atoms with Crippen LogP contribution in [0.5, 0.6) is 0 Å². The molecule has 2 aliphatic heterocycles. The Morgan fingerprint density at radius 2 is 1.26 bits per heavy atom. The second-order valence-electron chi connectivity index (χ2n) is 11.2. The van der Waals surface area contributed by atoms with E-state index in [-0.39, 0.29) is 31.1 Å². The zero-order chi connectivity index (χ0) is 30.2. The summed E-state index contributed by atoms with van der Waals surface area (Å²) in [6.45, 7) is 19.8. The van der Waals surface area contributed by atoms with Crippen molar-refractivity contribution in [3.8, 4) is 0 Å². The van der Waals surface area contributed by atoms with Crippen molar-refractivity contribution in [3.05, 3.63) is 25.3 Å². The number of alkyl halides is 1. The first-order chi connectivity index (χ1) is 18.0. The Kier molecular flexibility index (Phi) is 16.7. The molecular formula is C28H47BrN2O8. The second kappa shape index (κ2) is 17.9. The topological polar surface area (TPSA) is 123 Å². The predicted molar refractivity (Wildman–Crippen MR) is 154 cm³/mol. The van der Waals surface area contributed by atoms with Crippen LogP contribution in [0.2, 0.25) is 0 Å². The van der Waals surface area contributed by atoms with Gasteiger partial charge in [0.1, 0.15) is 17.8 Å². The molecule has 2 fully saturated rings.